The van der Waals surface area contributed by atoms with Gasteiger partial charge in [0.25, 0.3) is 0 Å². The van der Waals surface area contributed by atoms with E-state index in [9.17, 15) is 4.39 Å². The van der Waals surface area contributed by atoms with Crippen LogP contribution in [0, 0.1) is 5.82 Å². The maximum absolute atomic E-state index is 13.5. The van der Waals surface area contributed by atoms with E-state index in [1.54, 1.807) is 12.1 Å². The molecular formula is C12H16BrClFN. The van der Waals surface area contributed by atoms with E-state index in [4.69, 9.17) is 11.6 Å². The minimum Gasteiger partial charge on any atom is -0.296 e. The lowest BCUT2D eigenvalue weighted by atomic mass is 10.1. The molecule has 0 saturated heterocycles. The van der Waals surface area contributed by atoms with Crippen LogP contribution in [0.4, 0.5) is 4.39 Å². The second-order valence-electron chi connectivity index (χ2n) is 4.54. The summed E-state index contributed by atoms with van der Waals surface area (Å²) < 4.78 is 13.5. The van der Waals surface area contributed by atoms with Crippen molar-refractivity contribution < 1.29 is 4.39 Å². The predicted octanol–water partition coefficient (Wildman–Crippen LogP) is 4.08. The number of benzene rings is 1. The van der Waals surface area contributed by atoms with Gasteiger partial charge in [-0.25, -0.2) is 4.39 Å². The Morgan fingerprint density at radius 1 is 1.44 bits per heavy atom. The quantitative estimate of drug-likeness (QED) is 0.758. The molecule has 0 aromatic heterocycles. The molecule has 0 heterocycles. The molecule has 90 valence electrons. The summed E-state index contributed by atoms with van der Waals surface area (Å²) in [7, 11) is 1.97. The first-order chi connectivity index (χ1) is 7.36. The number of alkyl halides is 1. The standard InChI is InChI=1S/C12H16BrClFN/c1-12(2,8-13)16(3)7-9-6-10(14)4-5-11(9)15/h4-6H,7-8H2,1-3H3. The van der Waals surface area contributed by atoms with Crippen LogP contribution in [0.15, 0.2) is 18.2 Å². The largest absolute Gasteiger partial charge is 0.296 e. The zero-order valence-corrected chi connectivity index (χ0v) is 12.1. The maximum Gasteiger partial charge on any atom is 0.127 e. The Morgan fingerprint density at radius 3 is 2.62 bits per heavy atom. The van der Waals surface area contributed by atoms with Crippen molar-refractivity contribution in [1.29, 1.82) is 0 Å². The molecule has 1 aromatic carbocycles. The molecule has 4 heteroatoms. The van der Waals surface area contributed by atoms with Crippen LogP contribution in [0.3, 0.4) is 0 Å². The third kappa shape index (κ3) is 3.44. The van der Waals surface area contributed by atoms with E-state index in [-0.39, 0.29) is 11.4 Å². The highest BCUT2D eigenvalue weighted by Crippen LogP contribution is 2.21. The van der Waals surface area contributed by atoms with E-state index in [0.717, 1.165) is 5.33 Å². The third-order valence-electron chi connectivity index (χ3n) is 2.78. The molecule has 0 aliphatic heterocycles. The van der Waals surface area contributed by atoms with E-state index in [1.165, 1.54) is 6.07 Å². The molecule has 0 aliphatic carbocycles. The molecule has 0 unspecified atom stereocenters. The number of hydrogen-bond acceptors (Lipinski definition) is 1. The first-order valence-corrected chi connectivity index (χ1v) is 6.58. The monoisotopic (exact) mass is 307 g/mol. The van der Waals surface area contributed by atoms with E-state index in [1.807, 2.05) is 7.05 Å². The minimum atomic E-state index is -0.207. The molecule has 0 spiro atoms. The highest BCUT2D eigenvalue weighted by Gasteiger charge is 2.22. The highest BCUT2D eigenvalue weighted by atomic mass is 79.9. The van der Waals surface area contributed by atoms with E-state index >= 15 is 0 Å². The fourth-order valence-electron chi connectivity index (χ4n) is 1.24. The van der Waals surface area contributed by atoms with Gasteiger partial charge < -0.3 is 0 Å². The van der Waals surface area contributed by atoms with Crippen molar-refractivity contribution in [3.63, 3.8) is 0 Å². The smallest absolute Gasteiger partial charge is 0.127 e. The number of nitrogens with zero attached hydrogens (tertiary/aromatic N) is 1. The molecule has 0 fully saturated rings. The Labute approximate surface area is 110 Å². The first-order valence-electron chi connectivity index (χ1n) is 5.08. The van der Waals surface area contributed by atoms with Crippen molar-refractivity contribution >= 4 is 27.5 Å². The van der Waals surface area contributed by atoms with Gasteiger partial charge in [-0.2, -0.15) is 0 Å². The summed E-state index contributed by atoms with van der Waals surface area (Å²) >= 11 is 9.31. The zero-order chi connectivity index (χ0) is 12.3. The molecule has 0 atom stereocenters. The van der Waals surface area contributed by atoms with Crippen molar-refractivity contribution in [2.75, 3.05) is 12.4 Å². The van der Waals surface area contributed by atoms with Crippen LogP contribution < -0.4 is 0 Å². The van der Waals surface area contributed by atoms with Gasteiger partial charge in [0.2, 0.25) is 0 Å². The van der Waals surface area contributed by atoms with Crippen LogP contribution >= 0.6 is 27.5 Å². The average molecular weight is 309 g/mol. The Kier molecular flexibility index (Phi) is 4.77. The summed E-state index contributed by atoms with van der Waals surface area (Å²) in [6.45, 7) is 4.75. The fraction of sp³-hybridized carbons (Fsp3) is 0.500. The second-order valence-corrected chi connectivity index (χ2v) is 5.54. The van der Waals surface area contributed by atoms with E-state index in [2.05, 4.69) is 34.7 Å². The first kappa shape index (κ1) is 13.9. The van der Waals surface area contributed by atoms with Crippen LogP contribution in [-0.2, 0) is 6.54 Å². The van der Waals surface area contributed by atoms with Crippen molar-refractivity contribution in [2.24, 2.45) is 0 Å². The summed E-state index contributed by atoms with van der Waals surface area (Å²) in [5, 5.41) is 1.40. The van der Waals surface area contributed by atoms with Gasteiger partial charge in [0, 0.05) is 28.0 Å². The van der Waals surface area contributed by atoms with Gasteiger partial charge in [-0.1, -0.05) is 27.5 Å². The van der Waals surface area contributed by atoms with E-state index in [0.29, 0.717) is 17.1 Å². The lowest BCUT2D eigenvalue weighted by molar-refractivity contribution is 0.171. The Hall–Kier alpha value is -0.120. The molecule has 0 aliphatic rings. The van der Waals surface area contributed by atoms with Crippen molar-refractivity contribution in [1.82, 2.24) is 4.90 Å². The molecule has 0 radical (unpaired) electrons. The summed E-state index contributed by atoms with van der Waals surface area (Å²) in [4.78, 5) is 2.09. The lowest BCUT2D eigenvalue weighted by Crippen LogP contribution is -2.42. The van der Waals surface area contributed by atoms with Gasteiger partial charge in [-0.05, 0) is 39.1 Å². The Morgan fingerprint density at radius 2 is 2.06 bits per heavy atom. The summed E-state index contributed by atoms with van der Waals surface area (Å²) in [6, 6.07) is 4.65. The molecular weight excluding hydrogens is 292 g/mol. The van der Waals surface area contributed by atoms with Gasteiger partial charge >= 0.3 is 0 Å². The fourth-order valence-corrected chi connectivity index (χ4v) is 1.86. The van der Waals surface area contributed by atoms with Crippen LogP contribution in [0.25, 0.3) is 0 Å². The number of halogens is 3. The van der Waals surface area contributed by atoms with Crippen LogP contribution in [0.5, 0.6) is 0 Å². The second kappa shape index (κ2) is 5.48. The molecule has 0 amide bonds. The average Bonchev–Trinajstić information content (AvgIpc) is 2.23. The number of rotatable bonds is 4. The van der Waals surface area contributed by atoms with Crippen molar-refractivity contribution in [3.8, 4) is 0 Å². The van der Waals surface area contributed by atoms with Crippen molar-refractivity contribution in [3.05, 3.63) is 34.6 Å². The summed E-state index contributed by atoms with van der Waals surface area (Å²) in [6.07, 6.45) is 0. The van der Waals surface area contributed by atoms with Crippen LogP contribution in [-0.4, -0.2) is 22.8 Å². The van der Waals surface area contributed by atoms with Gasteiger partial charge in [0.1, 0.15) is 5.82 Å². The summed E-state index contributed by atoms with van der Waals surface area (Å²) in [5.74, 6) is -0.207. The Bertz CT molecular complexity index is 368. The normalized spacial score (nSPS) is 12.2. The number of hydrogen-bond donors (Lipinski definition) is 0. The molecule has 0 N–H and O–H groups in total. The Balaban J connectivity index is 2.84. The predicted molar refractivity (Wildman–Crippen MR) is 70.8 cm³/mol. The summed E-state index contributed by atoms with van der Waals surface area (Å²) in [5.41, 5.74) is 0.610. The molecule has 16 heavy (non-hydrogen) atoms. The molecule has 1 rings (SSSR count). The van der Waals surface area contributed by atoms with Gasteiger partial charge in [0.15, 0.2) is 0 Å². The lowest BCUT2D eigenvalue weighted by Gasteiger charge is -2.34. The molecule has 0 bridgehead atoms. The van der Waals surface area contributed by atoms with Gasteiger partial charge in [-0.3, -0.25) is 4.90 Å². The minimum absolute atomic E-state index is 0.0191. The molecule has 1 nitrogen and oxygen atoms in total. The highest BCUT2D eigenvalue weighted by molar-refractivity contribution is 9.09. The van der Waals surface area contributed by atoms with Gasteiger partial charge in [-0.15, -0.1) is 0 Å². The van der Waals surface area contributed by atoms with Gasteiger partial charge in [0.05, 0.1) is 0 Å². The van der Waals surface area contributed by atoms with Crippen molar-refractivity contribution in [2.45, 2.75) is 25.9 Å². The van der Waals surface area contributed by atoms with Crippen LogP contribution in [0.2, 0.25) is 5.02 Å². The topological polar surface area (TPSA) is 3.24 Å². The molecule has 0 saturated carbocycles. The maximum atomic E-state index is 13.5. The SMILES string of the molecule is CN(Cc1cc(Cl)ccc1F)C(C)(C)CBr. The third-order valence-corrected chi connectivity index (χ3v) is 4.38. The van der Waals surface area contributed by atoms with E-state index < -0.39 is 0 Å². The zero-order valence-electron chi connectivity index (χ0n) is 9.73. The van der Waals surface area contributed by atoms with Crippen LogP contribution in [0.1, 0.15) is 19.4 Å². The molecule has 1 aromatic rings.